The molecule has 0 saturated carbocycles. The molecule has 0 radical (unpaired) electrons. The molecule has 7 heteroatoms. The Labute approximate surface area is 111 Å². The predicted molar refractivity (Wildman–Crippen MR) is 60.6 cm³/mol. The molecule has 0 fully saturated rings. The minimum atomic E-state index is -4.81. The van der Waals surface area contributed by atoms with Crippen LogP contribution in [0.25, 0.3) is 0 Å². The summed E-state index contributed by atoms with van der Waals surface area (Å²) in [4.78, 5) is 0. The molecule has 0 aliphatic carbocycles. The molecular weight excluding hydrogens is 284 g/mol. The van der Waals surface area contributed by atoms with Crippen molar-refractivity contribution < 1.29 is 26.3 Å². The minimum Gasteiger partial charge on any atom is -0.384 e. The van der Waals surface area contributed by atoms with E-state index in [0.29, 0.717) is 0 Å². The fraction of sp³-hybridized carbons (Fsp3) is 0.385. The van der Waals surface area contributed by atoms with E-state index in [0.717, 1.165) is 12.1 Å². The maximum atomic E-state index is 12.7. The smallest absolute Gasteiger partial charge is 0.384 e. The molecule has 1 aliphatic rings. The average Bonchev–Trinajstić information content (AvgIpc) is 2.72. The van der Waals surface area contributed by atoms with Gasteiger partial charge in [-0.25, -0.2) is 0 Å². The van der Waals surface area contributed by atoms with Gasteiger partial charge in [-0.15, -0.1) is 0 Å². The van der Waals surface area contributed by atoms with Gasteiger partial charge in [0.15, 0.2) is 0 Å². The topological polar surface area (TPSA) is 12.0 Å². The Morgan fingerprint density at radius 2 is 1.40 bits per heavy atom. The largest absolute Gasteiger partial charge is 0.416 e. The van der Waals surface area contributed by atoms with Gasteiger partial charge in [-0.2, -0.15) is 26.3 Å². The van der Waals surface area contributed by atoms with Gasteiger partial charge in [-0.1, -0.05) is 13.0 Å². The van der Waals surface area contributed by atoms with Crippen LogP contribution >= 0.6 is 0 Å². The Kier molecular flexibility index (Phi) is 3.47. The van der Waals surface area contributed by atoms with E-state index in [1.54, 1.807) is 13.0 Å². The lowest BCUT2D eigenvalue weighted by molar-refractivity contribution is -0.143. The van der Waals surface area contributed by atoms with Gasteiger partial charge in [-0.05, 0) is 30.0 Å². The first-order valence-electron chi connectivity index (χ1n) is 5.81. The molecule has 1 aromatic carbocycles. The lowest BCUT2D eigenvalue weighted by atomic mass is 9.93. The molecule has 20 heavy (non-hydrogen) atoms. The second-order valence-corrected chi connectivity index (χ2v) is 4.70. The van der Waals surface area contributed by atoms with Crippen molar-refractivity contribution in [3.8, 4) is 0 Å². The number of rotatable bonds is 1. The summed E-state index contributed by atoms with van der Waals surface area (Å²) in [7, 11) is 0. The van der Waals surface area contributed by atoms with Crippen LogP contribution in [0.2, 0.25) is 0 Å². The number of hydrogen-bond acceptors (Lipinski definition) is 1. The molecule has 1 N–H and O–H groups in total. The molecule has 1 aromatic rings. The van der Waals surface area contributed by atoms with E-state index < -0.39 is 29.5 Å². The minimum absolute atomic E-state index is 0.0235. The summed E-state index contributed by atoms with van der Waals surface area (Å²) in [6.07, 6.45) is -6.41. The Morgan fingerprint density at radius 3 is 1.75 bits per heavy atom. The fourth-order valence-electron chi connectivity index (χ4n) is 2.13. The van der Waals surface area contributed by atoms with Crippen LogP contribution in [0.4, 0.5) is 26.3 Å². The zero-order valence-corrected chi connectivity index (χ0v) is 10.3. The van der Waals surface area contributed by atoms with Gasteiger partial charge in [0.25, 0.3) is 0 Å². The van der Waals surface area contributed by atoms with E-state index in [-0.39, 0.29) is 17.5 Å². The van der Waals surface area contributed by atoms with Crippen LogP contribution in [0.3, 0.4) is 0 Å². The first-order chi connectivity index (χ1) is 9.09. The monoisotopic (exact) mass is 295 g/mol. The summed E-state index contributed by atoms with van der Waals surface area (Å²) in [5.41, 5.74) is -2.60. The van der Waals surface area contributed by atoms with Crippen molar-refractivity contribution in [2.24, 2.45) is 5.92 Å². The second kappa shape index (κ2) is 4.71. The number of benzene rings is 1. The van der Waals surface area contributed by atoms with E-state index in [9.17, 15) is 26.3 Å². The van der Waals surface area contributed by atoms with Crippen LogP contribution in [0.1, 0.15) is 29.7 Å². The molecule has 1 heterocycles. The van der Waals surface area contributed by atoms with Gasteiger partial charge in [0, 0.05) is 5.92 Å². The Balaban J connectivity index is 2.52. The zero-order valence-electron chi connectivity index (χ0n) is 10.3. The van der Waals surface area contributed by atoms with Crippen LogP contribution < -0.4 is 5.32 Å². The third kappa shape index (κ3) is 2.91. The number of halogens is 6. The standard InChI is InChI=1S/C13H11F6N/c1-7-2-3-20-11(7)8-4-9(12(14,15)16)6-10(5-8)13(17,18)19/h2-7,11,20H,1H3/t7-,11-/m0/s1. The van der Waals surface area contributed by atoms with Gasteiger partial charge in [0.05, 0.1) is 17.2 Å². The van der Waals surface area contributed by atoms with Crippen LogP contribution in [0, 0.1) is 5.92 Å². The van der Waals surface area contributed by atoms with Crippen molar-refractivity contribution in [2.75, 3.05) is 0 Å². The highest BCUT2D eigenvalue weighted by Gasteiger charge is 2.38. The number of alkyl halides is 6. The Bertz CT molecular complexity index is 496. The van der Waals surface area contributed by atoms with E-state index in [1.165, 1.54) is 6.20 Å². The SMILES string of the molecule is C[C@H]1C=CN[C@@H]1c1cc(C(F)(F)F)cc(C(F)(F)F)c1. The highest BCUT2D eigenvalue weighted by atomic mass is 19.4. The Morgan fingerprint density at radius 1 is 0.900 bits per heavy atom. The normalized spacial score (nSPS) is 22.9. The molecule has 0 aromatic heterocycles. The Hall–Kier alpha value is -1.66. The molecule has 1 nitrogen and oxygen atoms in total. The summed E-state index contributed by atoms with van der Waals surface area (Å²) < 4.78 is 76.3. The highest BCUT2D eigenvalue weighted by molar-refractivity contribution is 5.36. The van der Waals surface area contributed by atoms with Crippen molar-refractivity contribution in [1.29, 1.82) is 0 Å². The molecule has 0 saturated heterocycles. The van der Waals surface area contributed by atoms with Gasteiger partial charge in [0.1, 0.15) is 0 Å². The van der Waals surface area contributed by atoms with Gasteiger partial charge >= 0.3 is 12.4 Å². The lowest BCUT2D eigenvalue weighted by Gasteiger charge is -2.20. The van der Waals surface area contributed by atoms with Crippen LogP contribution in [0.15, 0.2) is 30.5 Å². The maximum absolute atomic E-state index is 12.7. The molecule has 0 unspecified atom stereocenters. The number of nitrogens with one attached hydrogen (secondary N) is 1. The zero-order chi connectivity index (χ0) is 15.1. The molecule has 0 bridgehead atoms. The maximum Gasteiger partial charge on any atom is 0.416 e. The van der Waals surface area contributed by atoms with E-state index >= 15 is 0 Å². The first-order valence-corrected chi connectivity index (χ1v) is 5.81. The van der Waals surface area contributed by atoms with Crippen LogP contribution in [-0.4, -0.2) is 0 Å². The first kappa shape index (κ1) is 14.7. The van der Waals surface area contributed by atoms with E-state index in [4.69, 9.17) is 0 Å². The number of hydrogen-bond donors (Lipinski definition) is 1. The van der Waals surface area contributed by atoms with E-state index in [2.05, 4.69) is 5.32 Å². The van der Waals surface area contributed by atoms with Gasteiger partial charge in [0.2, 0.25) is 0 Å². The quantitative estimate of drug-likeness (QED) is 0.751. The summed E-state index contributed by atoms with van der Waals surface area (Å²) in [6.45, 7) is 1.72. The van der Waals surface area contributed by atoms with Crippen molar-refractivity contribution in [3.63, 3.8) is 0 Å². The molecule has 0 spiro atoms. The van der Waals surface area contributed by atoms with Gasteiger partial charge < -0.3 is 5.32 Å². The van der Waals surface area contributed by atoms with Crippen molar-refractivity contribution in [1.82, 2.24) is 5.32 Å². The summed E-state index contributed by atoms with van der Waals surface area (Å²) in [5.74, 6) is -0.181. The summed E-state index contributed by atoms with van der Waals surface area (Å²) >= 11 is 0. The highest BCUT2D eigenvalue weighted by Crippen LogP contribution is 2.39. The average molecular weight is 295 g/mol. The molecule has 2 atom stereocenters. The van der Waals surface area contributed by atoms with Crippen LogP contribution in [-0.2, 0) is 12.4 Å². The lowest BCUT2D eigenvalue weighted by Crippen LogP contribution is -2.19. The summed E-state index contributed by atoms with van der Waals surface area (Å²) in [6, 6.07) is 1.07. The third-order valence-corrected chi connectivity index (χ3v) is 3.17. The van der Waals surface area contributed by atoms with Gasteiger partial charge in [-0.3, -0.25) is 0 Å². The second-order valence-electron chi connectivity index (χ2n) is 4.70. The van der Waals surface area contributed by atoms with E-state index in [1.807, 2.05) is 0 Å². The molecular formula is C13H11F6N. The predicted octanol–water partition coefficient (Wildman–Crippen LogP) is 4.52. The molecule has 110 valence electrons. The molecule has 2 rings (SSSR count). The van der Waals surface area contributed by atoms with Crippen LogP contribution in [0.5, 0.6) is 0 Å². The molecule has 0 amide bonds. The van der Waals surface area contributed by atoms with Crippen molar-refractivity contribution >= 4 is 0 Å². The fourth-order valence-corrected chi connectivity index (χ4v) is 2.13. The summed E-state index contributed by atoms with van der Waals surface area (Å²) in [5, 5.41) is 2.76. The third-order valence-electron chi connectivity index (χ3n) is 3.17. The van der Waals surface area contributed by atoms with Crippen molar-refractivity contribution in [3.05, 3.63) is 47.2 Å². The van der Waals surface area contributed by atoms with Crippen molar-refractivity contribution in [2.45, 2.75) is 25.3 Å². The molecule has 1 aliphatic heterocycles.